The van der Waals surface area contributed by atoms with Gasteiger partial charge in [-0.25, -0.2) is 15.0 Å². The van der Waals surface area contributed by atoms with E-state index in [1.165, 1.54) is 33.4 Å². The summed E-state index contributed by atoms with van der Waals surface area (Å²) < 4.78 is 2.38. The Morgan fingerprint density at radius 1 is 0.560 bits per heavy atom. The lowest BCUT2D eigenvalue weighted by Gasteiger charge is -2.28. The van der Waals surface area contributed by atoms with Gasteiger partial charge in [-0.3, -0.25) is 0 Å². The number of para-hydroxylation sites is 2. The minimum atomic E-state index is 0.255. The van der Waals surface area contributed by atoms with Gasteiger partial charge in [0.1, 0.15) is 0 Å². The van der Waals surface area contributed by atoms with Gasteiger partial charge in [-0.15, -0.1) is 0 Å². The highest BCUT2D eigenvalue weighted by Gasteiger charge is 2.37. The standard InChI is InChI=1S/C45H33N5/c1-2-12-30(13-3-1)43-46-44(31-22-26-33(27-23-31)49-39-18-8-4-14-35(39)36-15-5-9-19-40(36)49)48-45(47-43)32-24-28-34(29-25-32)50-41-20-10-6-16-37(41)38-17-7-11-21-42(38)50/h1-6,8-16,18-29,35,39H,7,17H2. The van der Waals surface area contributed by atoms with E-state index in [0.717, 1.165) is 40.9 Å². The smallest absolute Gasteiger partial charge is 0.164 e. The fourth-order valence-electron chi connectivity index (χ4n) is 7.94. The lowest BCUT2D eigenvalue weighted by Crippen LogP contribution is -2.28. The monoisotopic (exact) mass is 643 g/mol. The molecule has 0 saturated heterocycles. The Bertz CT molecular complexity index is 2490. The molecule has 0 amide bonds. The van der Waals surface area contributed by atoms with Gasteiger partial charge >= 0.3 is 0 Å². The lowest BCUT2D eigenvalue weighted by molar-refractivity contribution is 0.745. The van der Waals surface area contributed by atoms with Gasteiger partial charge in [0.25, 0.3) is 0 Å². The largest absolute Gasteiger partial charge is 0.333 e. The van der Waals surface area contributed by atoms with Crippen molar-refractivity contribution in [2.24, 2.45) is 0 Å². The van der Waals surface area contributed by atoms with Gasteiger partial charge in [0.15, 0.2) is 17.5 Å². The van der Waals surface area contributed by atoms with Gasteiger partial charge in [-0.1, -0.05) is 97.1 Å². The van der Waals surface area contributed by atoms with Crippen molar-refractivity contribution in [1.82, 2.24) is 19.5 Å². The summed E-state index contributed by atoms with van der Waals surface area (Å²) in [7, 11) is 0. The summed E-state index contributed by atoms with van der Waals surface area (Å²) in [6.45, 7) is 0. The molecule has 5 aromatic carbocycles. The fourth-order valence-corrected chi connectivity index (χ4v) is 7.94. The number of aromatic nitrogens is 4. The van der Waals surface area contributed by atoms with Gasteiger partial charge in [-0.05, 0) is 90.7 Å². The molecule has 238 valence electrons. The maximum Gasteiger partial charge on any atom is 0.164 e. The number of aryl methyl sites for hydroxylation is 1. The fraction of sp³-hybridized carbons (Fsp3) is 0.0889. The summed E-state index contributed by atoms with van der Waals surface area (Å²) in [6.07, 6.45) is 15.6. The van der Waals surface area contributed by atoms with Gasteiger partial charge in [0.2, 0.25) is 0 Å². The van der Waals surface area contributed by atoms with E-state index < -0.39 is 0 Å². The topological polar surface area (TPSA) is 46.8 Å². The Hall–Kier alpha value is -6.33. The van der Waals surface area contributed by atoms with Crippen LogP contribution in [-0.4, -0.2) is 25.6 Å². The Kier molecular flexibility index (Phi) is 6.69. The summed E-state index contributed by atoms with van der Waals surface area (Å²) >= 11 is 0. The van der Waals surface area contributed by atoms with E-state index in [1.54, 1.807) is 0 Å². The molecule has 3 heterocycles. The molecule has 7 aromatic rings. The summed E-state index contributed by atoms with van der Waals surface area (Å²) in [6, 6.07) is 45.2. The lowest BCUT2D eigenvalue weighted by atomic mass is 9.91. The molecule has 0 bridgehead atoms. The molecule has 2 atom stereocenters. The number of anilines is 2. The quantitative estimate of drug-likeness (QED) is 0.187. The van der Waals surface area contributed by atoms with E-state index in [4.69, 9.17) is 15.0 Å². The highest BCUT2D eigenvalue weighted by atomic mass is 15.2. The predicted molar refractivity (Wildman–Crippen MR) is 204 cm³/mol. The molecular formula is C45H33N5. The van der Waals surface area contributed by atoms with Crippen LogP contribution in [0, 0.1) is 0 Å². The molecule has 0 saturated carbocycles. The molecule has 0 spiro atoms. The number of allylic oxidation sites excluding steroid dienone is 3. The van der Waals surface area contributed by atoms with Crippen molar-refractivity contribution in [3.05, 3.63) is 175 Å². The van der Waals surface area contributed by atoms with Gasteiger partial charge in [-0.2, -0.15) is 0 Å². The molecule has 0 fully saturated rings. The Balaban J connectivity index is 1.04. The minimum Gasteiger partial charge on any atom is -0.333 e. The molecule has 0 radical (unpaired) electrons. The van der Waals surface area contributed by atoms with Gasteiger partial charge in [0, 0.05) is 50.8 Å². The van der Waals surface area contributed by atoms with E-state index in [-0.39, 0.29) is 6.04 Å². The summed E-state index contributed by atoms with van der Waals surface area (Å²) in [4.78, 5) is 17.5. The first-order valence-corrected chi connectivity index (χ1v) is 17.3. The first-order chi connectivity index (χ1) is 24.8. The molecule has 3 aliphatic rings. The Labute approximate surface area is 291 Å². The van der Waals surface area contributed by atoms with Crippen LogP contribution in [0.1, 0.15) is 29.2 Å². The van der Waals surface area contributed by atoms with Crippen LogP contribution >= 0.6 is 0 Å². The van der Waals surface area contributed by atoms with Gasteiger partial charge in [0.05, 0.1) is 11.6 Å². The molecule has 10 rings (SSSR count). The molecule has 5 heteroatoms. The van der Waals surface area contributed by atoms with Crippen molar-refractivity contribution in [2.75, 3.05) is 4.90 Å². The zero-order valence-corrected chi connectivity index (χ0v) is 27.4. The molecule has 5 nitrogen and oxygen atoms in total. The second-order valence-corrected chi connectivity index (χ2v) is 13.1. The van der Waals surface area contributed by atoms with Crippen molar-refractivity contribution in [1.29, 1.82) is 0 Å². The summed E-state index contributed by atoms with van der Waals surface area (Å²) in [5, 5.41) is 1.33. The Morgan fingerprint density at radius 2 is 1.18 bits per heavy atom. The van der Waals surface area contributed by atoms with E-state index in [0.29, 0.717) is 23.4 Å². The van der Waals surface area contributed by atoms with Crippen LogP contribution in [0.15, 0.2) is 158 Å². The second-order valence-electron chi connectivity index (χ2n) is 13.1. The van der Waals surface area contributed by atoms with Crippen molar-refractivity contribution in [3.63, 3.8) is 0 Å². The van der Waals surface area contributed by atoms with Crippen LogP contribution in [-0.2, 0) is 6.42 Å². The molecule has 0 N–H and O–H groups in total. The maximum atomic E-state index is 5.07. The number of rotatable bonds is 5. The second kappa shape index (κ2) is 11.7. The first-order valence-electron chi connectivity index (χ1n) is 17.3. The zero-order chi connectivity index (χ0) is 33.0. The minimum absolute atomic E-state index is 0.255. The third-order valence-electron chi connectivity index (χ3n) is 10.3. The van der Waals surface area contributed by atoms with Gasteiger partial charge < -0.3 is 9.47 Å². The Morgan fingerprint density at radius 3 is 1.94 bits per heavy atom. The molecule has 2 aromatic heterocycles. The number of fused-ring (bicyclic) bond motifs is 6. The first kappa shape index (κ1) is 28.7. The van der Waals surface area contributed by atoms with Crippen LogP contribution < -0.4 is 4.90 Å². The average Bonchev–Trinajstić information content (AvgIpc) is 3.71. The molecule has 1 aliphatic heterocycles. The van der Waals surface area contributed by atoms with Crippen LogP contribution in [0.5, 0.6) is 0 Å². The van der Waals surface area contributed by atoms with Crippen molar-refractivity contribution >= 4 is 28.4 Å². The average molecular weight is 644 g/mol. The zero-order valence-electron chi connectivity index (χ0n) is 27.4. The van der Waals surface area contributed by atoms with Crippen LogP contribution in [0.25, 0.3) is 56.8 Å². The van der Waals surface area contributed by atoms with E-state index in [2.05, 4.69) is 155 Å². The third kappa shape index (κ3) is 4.66. The predicted octanol–water partition coefficient (Wildman–Crippen LogP) is 10.5. The number of nitrogens with zero attached hydrogens (tertiary/aromatic N) is 5. The number of benzene rings is 5. The van der Waals surface area contributed by atoms with E-state index in [1.807, 2.05) is 18.2 Å². The molecule has 2 unspecified atom stereocenters. The molecule has 50 heavy (non-hydrogen) atoms. The van der Waals surface area contributed by atoms with Crippen molar-refractivity contribution < 1.29 is 0 Å². The highest BCUT2D eigenvalue weighted by Crippen LogP contribution is 2.47. The number of hydrogen-bond donors (Lipinski definition) is 0. The van der Waals surface area contributed by atoms with Crippen molar-refractivity contribution in [3.8, 4) is 39.9 Å². The van der Waals surface area contributed by atoms with E-state index in [9.17, 15) is 0 Å². The van der Waals surface area contributed by atoms with Crippen LogP contribution in [0.3, 0.4) is 0 Å². The highest BCUT2D eigenvalue weighted by molar-refractivity contribution is 5.90. The molecule has 2 aliphatic carbocycles. The maximum absolute atomic E-state index is 5.07. The number of hydrogen-bond acceptors (Lipinski definition) is 4. The van der Waals surface area contributed by atoms with Crippen molar-refractivity contribution in [2.45, 2.75) is 24.8 Å². The summed E-state index contributed by atoms with van der Waals surface area (Å²) in [5.41, 5.74) is 11.7. The molecular weight excluding hydrogens is 611 g/mol. The SMILES string of the molecule is C1=CC2c3ccccc3N(c3ccc(-c4nc(-c5ccccc5)nc(-c5ccc(-n6c7c(c8ccccc86)CCC=C7)cc5)n4)cc3)C2C=C1. The third-order valence-corrected chi connectivity index (χ3v) is 10.3. The summed E-state index contributed by atoms with van der Waals surface area (Å²) in [5.74, 6) is 2.31. The van der Waals surface area contributed by atoms with E-state index >= 15 is 0 Å². The van der Waals surface area contributed by atoms with Crippen LogP contribution in [0.2, 0.25) is 0 Å². The van der Waals surface area contributed by atoms with Crippen LogP contribution in [0.4, 0.5) is 11.4 Å². The normalized spacial score (nSPS) is 17.2.